The molecule has 0 aliphatic carbocycles. The van der Waals surface area contributed by atoms with Crippen LogP contribution in [0.4, 0.5) is 0 Å². The quantitative estimate of drug-likeness (QED) is 0.879. The minimum absolute atomic E-state index is 0.0281. The Morgan fingerprint density at radius 2 is 2.32 bits per heavy atom. The van der Waals surface area contributed by atoms with E-state index in [4.69, 9.17) is 14.4 Å². The van der Waals surface area contributed by atoms with Gasteiger partial charge in [-0.15, -0.1) is 0 Å². The monoisotopic (exact) mass is 302 g/mol. The van der Waals surface area contributed by atoms with Crippen LogP contribution in [0.2, 0.25) is 0 Å². The van der Waals surface area contributed by atoms with Crippen LogP contribution >= 0.6 is 0 Å². The normalized spacial score (nSPS) is 14.3. The van der Waals surface area contributed by atoms with Crippen molar-refractivity contribution in [3.05, 3.63) is 35.6 Å². The lowest BCUT2D eigenvalue weighted by atomic mass is 10.1. The summed E-state index contributed by atoms with van der Waals surface area (Å²) < 4.78 is 10.6. The second-order valence-corrected chi connectivity index (χ2v) is 5.38. The Labute approximate surface area is 128 Å². The number of benzene rings is 1. The van der Waals surface area contributed by atoms with Gasteiger partial charge in [-0.25, -0.2) is 0 Å². The van der Waals surface area contributed by atoms with E-state index >= 15 is 0 Å². The summed E-state index contributed by atoms with van der Waals surface area (Å²) >= 11 is 0. The predicted molar refractivity (Wildman–Crippen MR) is 79.8 cm³/mol. The molecule has 1 amide bonds. The Bertz CT molecular complexity index is 681. The van der Waals surface area contributed by atoms with Gasteiger partial charge in [-0.05, 0) is 37.1 Å². The fourth-order valence-corrected chi connectivity index (χ4v) is 2.42. The molecular weight excluding hydrogens is 284 g/mol. The van der Waals surface area contributed by atoms with Gasteiger partial charge in [0, 0.05) is 30.7 Å². The lowest BCUT2D eigenvalue weighted by molar-refractivity contribution is 0.0897. The number of rotatable bonds is 5. The minimum Gasteiger partial charge on any atom is -0.493 e. The van der Waals surface area contributed by atoms with Gasteiger partial charge >= 0.3 is 0 Å². The van der Waals surface area contributed by atoms with Crippen molar-refractivity contribution in [2.75, 3.05) is 13.2 Å². The van der Waals surface area contributed by atoms with Crippen LogP contribution in [0.3, 0.4) is 0 Å². The average molecular weight is 302 g/mol. The van der Waals surface area contributed by atoms with E-state index in [9.17, 15) is 4.79 Å². The van der Waals surface area contributed by atoms with Crippen LogP contribution in [0.25, 0.3) is 11.3 Å². The van der Waals surface area contributed by atoms with Crippen LogP contribution in [0.15, 0.2) is 28.8 Å². The summed E-state index contributed by atoms with van der Waals surface area (Å²) in [4.78, 5) is 12.0. The Balaban J connectivity index is 1.75. The summed E-state index contributed by atoms with van der Waals surface area (Å²) in [6.07, 6.45) is 1.38. The Hall–Kier alpha value is -2.34. The molecule has 1 aliphatic heterocycles. The van der Waals surface area contributed by atoms with Gasteiger partial charge in [-0.2, -0.15) is 0 Å². The smallest absolute Gasteiger partial charge is 0.290 e. The molecule has 0 saturated heterocycles. The molecule has 1 aromatic heterocycles. The molecule has 6 heteroatoms. The first-order chi connectivity index (χ1) is 10.7. The van der Waals surface area contributed by atoms with Crippen LogP contribution in [-0.2, 0) is 6.42 Å². The number of carbonyl (C=O) groups is 1. The number of ether oxygens (including phenoxy) is 1. The van der Waals surface area contributed by atoms with E-state index in [1.807, 2.05) is 25.1 Å². The number of carbonyl (C=O) groups excluding carboxylic acids is 1. The van der Waals surface area contributed by atoms with Crippen molar-refractivity contribution in [2.45, 2.75) is 25.8 Å². The van der Waals surface area contributed by atoms with Crippen molar-refractivity contribution in [3.63, 3.8) is 0 Å². The molecule has 2 heterocycles. The molecule has 1 atom stereocenters. The van der Waals surface area contributed by atoms with Gasteiger partial charge in [0.15, 0.2) is 0 Å². The molecule has 3 rings (SSSR count). The van der Waals surface area contributed by atoms with Gasteiger partial charge in [-0.3, -0.25) is 4.79 Å². The molecular formula is C16H18N2O4. The highest BCUT2D eigenvalue weighted by atomic mass is 16.5. The Morgan fingerprint density at radius 1 is 1.45 bits per heavy atom. The molecule has 2 N–H and O–H groups in total. The second kappa shape index (κ2) is 6.19. The van der Waals surface area contributed by atoms with Crippen LogP contribution in [0.5, 0.6) is 5.75 Å². The summed E-state index contributed by atoms with van der Waals surface area (Å²) in [5.41, 5.74) is 2.66. The molecule has 1 aliphatic rings. The summed E-state index contributed by atoms with van der Waals surface area (Å²) in [7, 11) is 0. The van der Waals surface area contributed by atoms with Gasteiger partial charge in [0.1, 0.15) is 11.4 Å². The van der Waals surface area contributed by atoms with Crippen molar-refractivity contribution >= 4 is 5.91 Å². The highest BCUT2D eigenvalue weighted by molar-refractivity contribution is 5.92. The third-order valence-corrected chi connectivity index (χ3v) is 3.66. The molecule has 1 aromatic carbocycles. The van der Waals surface area contributed by atoms with Crippen LogP contribution in [-0.4, -0.2) is 35.4 Å². The van der Waals surface area contributed by atoms with E-state index in [1.165, 1.54) is 0 Å². The first kappa shape index (κ1) is 14.6. The molecule has 0 saturated carbocycles. The topological polar surface area (TPSA) is 84.6 Å². The van der Waals surface area contributed by atoms with E-state index in [2.05, 4.69) is 10.5 Å². The van der Waals surface area contributed by atoms with Crippen LogP contribution in [0, 0.1) is 0 Å². The number of nitrogens with zero attached hydrogens (tertiary/aromatic N) is 1. The maximum Gasteiger partial charge on any atom is 0.290 e. The number of hydrogen-bond acceptors (Lipinski definition) is 5. The Kier molecular flexibility index (Phi) is 4.11. The zero-order valence-corrected chi connectivity index (χ0v) is 12.3. The molecule has 0 spiro atoms. The average Bonchev–Trinajstić information content (AvgIpc) is 3.15. The maximum absolute atomic E-state index is 12.0. The molecule has 0 fully saturated rings. The molecule has 0 bridgehead atoms. The number of amides is 1. The number of nitrogens with one attached hydrogen (secondary N) is 1. The lowest BCUT2D eigenvalue weighted by Gasteiger charge is -2.09. The van der Waals surface area contributed by atoms with Crippen molar-refractivity contribution in [1.82, 2.24) is 10.5 Å². The van der Waals surface area contributed by atoms with E-state index in [-0.39, 0.29) is 24.3 Å². The predicted octanol–water partition coefficient (Wildman–Crippen LogP) is 1.78. The van der Waals surface area contributed by atoms with E-state index in [0.717, 1.165) is 23.3 Å². The summed E-state index contributed by atoms with van der Waals surface area (Å²) in [5.74, 6) is 0.740. The van der Waals surface area contributed by atoms with Crippen molar-refractivity contribution in [1.29, 1.82) is 0 Å². The van der Waals surface area contributed by atoms with Gasteiger partial charge in [0.2, 0.25) is 5.76 Å². The molecule has 0 radical (unpaired) electrons. The highest BCUT2D eigenvalue weighted by Gasteiger charge is 2.18. The lowest BCUT2D eigenvalue weighted by Crippen LogP contribution is -2.32. The number of aliphatic hydroxyl groups excluding tert-OH is 1. The first-order valence-electron chi connectivity index (χ1n) is 7.32. The van der Waals surface area contributed by atoms with Crippen LogP contribution < -0.4 is 10.1 Å². The summed E-state index contributed by atoms with van der Waals surface area (Å²) in [5, 5.41) is 15.6. The van der Waals surface area contributed by atoms with E-state index < -0.39 is 0 Å². The minimum atomic E-state index is -0.329. The SMILES string of the molecule is CC(CCO)NC(=O)c1cc(-c2ccc3c(c2)CCO3)no1. The molecule has 22 heavy (non-hydrogen) atoms. The molecule has 1 unspecified atom stereocenters. The van der Waals surface area contributed by atoms with E-state index in [1.54, 1.807) is 6.07 Å². The number of hydrogen-bond donors (Lipinski definition) is 2. The van der Waals surface area contributed by atoms with Crippen LogP contribution in [0.1, 0.15) is 29.5 Å². The van der Waals surface area contributed by atoms with Crippen molar-refractivity contribution in [3.8, 4) is 17.0 Å². The zero-order chi connectivity index (χ0) is 15.5. The number of fused-ring (bicyclic) bond motifs is 1. The van der Waals surface area contributed by atoms with Gasteiger partial charge in [0.25, 0.3) is 5.91 Å². The van der Waals surface area contributed by atoms with Gasteiger partial charge in [-0.1, -0.05) is 5.16 Å². The highest BCUT2D eigenvalue weighted by Crippen LogP contribution is 2.30. The second-order valence-electron chi connectivity index (χ2n) is 5.38. The molecule has 6 nitrogen and oxygen atoms in total. The third-order valence-electron chi connectivity index (χ3n) is 3.66. The fraction of sp³-hybridized carbons (Fsp3) is 0.375. The van der Waals surface area contributed by atoms with E-state index in [0.29, 0.717) is 18.7 Å². The number of aliphatic hydroxyl groups is 1. The number of aromatic nitrogens is 1. The summed E-state index contributed by atoms with van der Waals surface area (Å²) in [6.45, 7) is 2.56. The molecule has 116 valence electrons. The van der Waals surface area contributed by atoms with Crippen molar-refractivity contribution in [2.24, 2.45) is 0 Å². The first-order valence-corrected chi connectivity index (χ1v) is 7.32. The van der Waals surface area contributed by atoms with Gasteiger partial charge in [0.05, 0.1) is 6.61 Å². The summed E-state index contributed by atoms with van der Waals surface area (Å²) in [6, 6.07) is 7.32. The van der Waals surface area contributed by atoms with Crippen molar-refractivity contribution < 1.29 is 19.2 Å². The third kappa shape index (κ3) is 2.96. The largest absolute Gasteiger partial charge is 0.493 e. The molecule has 2 aromatic rings. The standard InChI is InChI=1S/C16H18N2O4/c1-10(4-6-19)17-16(20)15-9-13(18-22-15)11-2-3-14-12(8-11)5-7-21-14/h2-3,8-10,19H,4-7H2,1H3,(H,17,20). The Morgan fingerprint density at radius 3 is 3.14 bits per heavy atom. The zero-order valence-electron chi connectivity index (χ0n) is 12.3. The van der Waals surface area contributed by atoms with Gasteiger partial charge < -0.3 is 19.7 Å². The fourth-order valence-electron chi connectivity index (χ4n) is 2.42. The maximum atomic E-state index is 12.0.